The molecule has 8 nitrogen and oxygen atoms in total. The summed E-state index contributed by atoms with van der Waals surface area (Å²) in [6.07, 6.45) is 0.385. The zero-order valence-electron chi connectivity index (χ0n) is 17.2. The summed E-state index contributed by atoms with van der Waals surface area (Å²) in [6.45, 7) is 4.54. The number of hydrogen-bond donors (Lipinski definition) is 5. The Kier molecular flexibility index (Phi) is 7.77. The first-order valence-electron chi connectivity index (χ1n) is 9.65. The summed E-state index contributed by atoms with van der Waals surface area (Å²) in [5, 5.41) is 27.4. The highest BCUT2D eigenvalue weighted by Gasteiger charge is 2.22. The number of pyridine rings is 1. The van der Waals surface area contributed by atoms with Crippen molar-refractivity contribution in [3.8, 4) is 17.0 Å². The number of halogens is 2. The van der Waals surface area contributed by atoms with Crippen LogP contribution in [0, 0.1) is 0 Å². The number of carboxylic acids is 1. The molecular weight excluding hydrogens is 443 g/mol. The summed E-state index contributed by atoms with van der Waals surface area (Å²) < 4.78 is 2.13. The maximum Gasteiger partial charge on any atom is 0.345 e. The van der Waals surface area contributed by atoms with E-state index in [0.29, 0.717) is 23.7 Å². The van der Waals surface area contributed by atoms with Crippen molar-refractivity contribution in [1.82, 2.24) is 20.2 Å². The first-order chi connectivity index (χ1) is 13.9. The smallest absolute Gasteiger partial charge is 0.345 e. The molecule has 0 aliphatic carbocycles. The minimum Gasteiger partial charge on any atom is -0.506 e. The fourth-order valence-corrected chi connectivity index (χ4v) is 3.83. The van der Waals surface area contributed by atoms with Gasteiger partial charge in [-0.2, -0.15) is 0 Å². The number of H-pyrrole nitrogens is 1. The number of carboxylic acid groups (broad SMARTS) is 1. The maximum atomic E-state index is 12.2. The summed E-state index contributed by atoms with van der Waals surface area (Å²) in [5.41, 5.74) is 2.37. The lowest BCUT2D eigenvalue weighted by Crippen LogP contribution is -2.55. The molecular formula is C21H26Cl2N4O4. The van der Waals surface area contributed by atoms with E-state index in [-0.39, 0.29) is 24.8 Å². The number of aryl methyl sites for hydroxylation is 1. The van der Waals surface area contributed by atoms with Gasteiger partial charge in [-0.15, -0.1) is 24.8 Å². The van der Waals surface area contributed by atoms with E-state index in [0.717, 1.165) is 41.8 Å². The van der Waals surface area contributed by atoms with E-state index in [9.17, 15) is 19.8 Å². The third-order valence-corrected chi connectivity index (χ3v) is 5.64. The lowest BCUT2D eigenvalue weighted by Gasteiger charge is -2.28. The Balaban J connectivity index is 0.00000171. The second-order valence-electron chi connectivity index (χ2n) is 7.39. The van der Waals surface area contributed by atoms with Gasteiger partial charge in [-0.05, 0) is 30.2 Å². The second-order valence-corrected chi connectivity index (χ2v) is 7.39. The Bertz CT molecular complexity index is 1170. The van der Waals surface area contributed by atoms with Gasteiger partial charge in [0.25, 0.3) is 5.56 Å². The summed E-state index contributed by atoms with van der Waals surface area (Å²) >= 11 is 0. The molecule has 1 aromatic carbocycles. The average molecular weight is 469 g/mol. The summed E-state index contributed by atoms with van der Waals surface area (Å²) in [4.78, 5) is 26.2. The average Bonchev–Trinajstić information content (AvgIpc) is 2.95. The molecule has 168 valence electrons. The van der Waals surface area contributed by atoms with E-state index in [1.54, 1.807) is 0 Å². The fraction of sp³-hybridized carbons (Fsp3) is 0.333. The molecule has 3 heterocycles. The number of carbonyl (C=O) groups is 1. The number of rotatable bonds is 6. The summed E-state index contributed by atoms with van der Waals surface area (Å²) in [6, 6.07) is 8.40. The number of fused-ring (bicyclic) bond motifs is 1. The van der Waals surface area contributed by atoms with Gasteiger partial charge >= 0.3 is 5.97 Å². The van der Waals surface area contributed by atoms with Gasteiger partial charge in [0, 0.05) is 54.9 Å². The highest BCUT2D eigenvalue weighted by atomic mass is 35.5. The third-order valence-electron chi connectivity index (χ3n) is 5.64. The van der Waals surface area contributed by atoms with Gasteiger partial charge in [-0.3, -0.25) is 4.79 Å². The van der Waals surface area contributed by atoms with Gasteiger partial charge < -0.3 is 30.4 Å². The van der Waals surface area contributed by atoms with E-state index < -0.39 is 22.8 Å². The number of aromatic hydroxyl groups is 1. The Hall–Kier alpha value is -2.52. The van der Waals surface area contributed by atoms with Crippen molar-refractivity contribution < 1.29 is 15.0 Å². The first-order valence-corrected chi connectivity index (χ1v) is 9.65. The summed E-state index contributed by atoms with van der Waals surface area (Å²) in [7, 11) is 2.02. The monoisotopic (exact) mass is 468 g/mol. The molecule has 0 spiro atoms. The zero-order valence-corrected chi connectivity index (χ0v) is 18.8. The highest BCUT2D eigenvalue weighted by molar-refractivity contribution is 5.92. The van der Waals surface area contributed by atoms with Crippen molar-refractivity contribution in [2.75, 3.05) is 13.1 Å². The Morgan fingerprint density at radius 1 is 1.26 bits per heavy atom. The molecule has 1 aliphatic rings. The van der Waals surface area contributed by atoms with Gasteiger partial charge in [-0.25, -0.2) is 4.79 Å². The predicted molar refractivity (Wildman–Crippen MR) is 125 cm³/mol. The van der Waals surface area contributed by atoms with Crippen molar-refractivity contribution in [3.05, 3.63) is 51.4 Å². The molecule has 0 atom stereocenters. The van der Waals surface area contributed by atoms with Crippen molar-refractivity contribution in [1.29, 1.82) is 0 Å². The lowest BCUT2D eigenvalue weighted by atomic mass is 9.99. The van der Waals surface area contributed by atoms with Crippen LogP contribution in [0.25, 0.3) is 22.2 Å². The number of benzene rings is 1. The molecule has 5 N–H and O–H groups in total. The Morgan fingerprint density at radius 2 is 1.97 bits per heavy atom. The quantitative estimate of drug-likeness (QED) is 0.378. The fourth-order valence-electron chi connectivity index (χ4n) is 3.83. The van der Waals surface area contributed by atoms with Crippen LogP contribution < -0.4 is 16.2 Å². The molecule has 0 saturated carbocycles. The Morgan fingerprint density at radius 3 is 2.55 bits per heavy atom. The van der Waals surface area contributed by atoms with Crippen LogP contribution in [-0.2, 0) is 20.0 Å². The summed E-state index contributed by atoms with van der Waals surface area (Å²) in [5.74, 6) is -1.91. The molecule has 2 aromatic heterocycles. The van der Waals surface area contributed by atoms with Gasteiger partial charge in [-0.1, -0.05) is 13.0 Å². The van der Waals surface area contributed by atoms with Crippen LogP contribution in [0.15, 0.2) is 29.1 Å². The number of nitrogens with zero attached hydrogens (tertiary/aromatic N) is 1. The van der Waals surface area contributed by atoms with Crippen LogP contribution >= 0.6 is 24.8 Å². The van der Waals surface area contributed by atoms with Gasteiger partial charge in [0.15, 0.2) is 5.56 Å². The lowest BCUT2D eigenvalue weighted by molar-refractivity contribution is 0.0691. The molecule has 0 radical (unpaired) electrons. The highest BCUT2D eigenvalue weighted by Crippen LogP contribution is 2.32. The molecule has 31 heavy (non-hydrogen) atoms. The van der Waals surface area contributed by atoms with Gasteiger partial charge in [0.2, 0.25) is 0 Å². The van der Waals surface area contributed by atoms with E-state index >= 15 is 0 Å². The van der Waals surface area contributed by atoms with E-state index in [2.05, 4.69) is 26.3 Å². The predicted octanol–water partition coefficient (Wildman–Crippen LogP) is 2.40. The molecule has 4 rings (SSSR count). The van der Waals surface area contributed by atoms with Crippen molar-refractivity contribution >= 4 is 41.7 Å². The number of hydrogen-bond acceptors (Lipinski definition) is 5. The molecule has 1 fully saturated rings. The van der Waals surface area contributed by atoms with E-state index in [4.69, 9.17) is 0 Å². The molecule has 0 unspecified atom stereocenters. The normalized spacial score (nSPS) is 13.4. The number of nitrogens with one attached hydrogen (secondary N) is 3. The molecule has 10 heteroatoms. The minimum absolute atomic E-state index is 0. The van der Waals surface area contributed by atoms with Crippen LogP contribution in [0.5, 0.6) is 5.75 Å². The maximum absolute atomic E-state index is 12.2. The standard InChI is InChI=1S/C21H24N4O4.2ClH/c1-3-15-18(24-20(27)17(19(15)26)21(28)29)11-4-5-16-12(6-11)7-14(25(16)2)10-23-13-8-22-9-13;;/h4-7,13,22-23H,3,8-10H2,1-2H3,(H,28,29)(H2,24,26,27);2*1H. The van der Waals surface area contributed by atoms with Crippen molar-refractivity contribution in [2.45, 2.75) is 25.9 Å². The topological polar surface area (TPSA) is 119 Å². The molecule has 1 saturated heterocycles. The van der Waals surface area contributed by atoms with Gasteiger partial charge in [0.05, 0.1) is 5.69 Å². The number of aromatic nitrogens is 2. The van der Waals surface area contributed by atoms with Crippen LogP contribution in [0.2, 0.25) is 0 Å². The zero-order chi connectivity index (χ0) is 20.7. The van der Waals surface area contributed by atoms with Crippen LogP contribution in [0.1, 0.15) is 28.5 Å². The number of aromatic amines is 1. The Labute approximate surface area is 191 Å². The number of aromatic carboxylic acids is 1. The first kappa shape index (κ1) is 24.7. The second kappa shape index (κ2) is 9.74. The van der Waals surface area contributed by atoms with Crippen LogP contribution in [0.4, 0.5) is 0 Å². The van der Waals surface area contributed by atoms with Crippen LogP contribution in [0.3, 0.4) is 0 Å². The third kappa shape index (κ3) is 4.43. The molecule has 0 bridgehead atoms. The SMILES string of the molecule is CCc1c(-c2ccc3c(c2)cc(CNC2CNC2)n3C)[nH]c(=O)c(C(=O)O)c1O.Cl.Cl. The largest absolute Gasteiger partial charge is 0.506 e. The molecule has 3 aromatic rings. The minimum atomic E-state index is -1.44. The van der Waals surface area contributed by atoms with Crippen LogP contribution in [-0.4, -0.2) is 44.9 Å². The molecule has 0 amide bonds. The van der Waals surface area contributed by atoms with E-state index in [1.807, 2.05) is 32.2 Å². The van der Waals surface area contributed by atoms with Gasteiger partial charge in [0.1, 0.15) is 5.75 Å². The van der Waals surface area contributed by atoms with Crippen molar-refractivity contribution in [3.63, 3.8) is 0 Å². The van der Waals surface area contributed by atoms with Crippen molar-refractivity contribution in [2.24, 2.45) is 7.05 Å². The molecule has 1 aliphatic heterocycles. The van der Waals surface area contributed by atoms with E-state index in [1.165, 1.54) is 0 Å².